The zero-order valence-electron chi connectivity index (χ0n) is 13.0. The van der Waals surface area contributed by atoms with Crippen LogP contribution >= 0.6 is 0 Å². The molecule has 3 rings (SSSR count). The number of hydrogen-bond donors (Lipinski definition) is 1. The Morgan fingerprint density at radius 3 is 3.05 bits per heavy atom. The molecule has 0 unspecified atom stereocenters. The third-order valence-corrected chi connectivity index (χ3v) is 4.17. The summed E-state index contributed by atoms with van der Waals surface area (Å²) in [5.41, 5.74) is 0. The second-order valence-electron chi connectivity index (χ2n) is 5.81. The Bertz CT molecular complexity index is 648. The monoisotopic (exact) mass is 303 g/mol. The molecule has 1 aliphatic carbocycles. The van der Waals surface area contributed by atoms with Gasteiger partial charge in [0.25, 0.3) is 5.91 Å². The molecule has 1 aliphatic rings. The minimum absolute atomic E-state index is 0.0915. The van der Waals surface area contributed by atoms with Crippen LogP contribution in [0.5, 0.6) is 0 Å². The van der Waals surface area contributed by atoms with E-state index < -0.39 is 0 Å². The van der Waals surface area contributed by atoms with Crippen LogP contribution in [-0.2, 0) is 13.0 Å². The molecule has 2 aromatic heterocycles. The van der Waals surface area contributed by atoms with Crippen molar-refractivity contribution in [2.24, 2.45) is 5.92 Å². The van der Waals surface area contributed by atoms with Crippen LogP contribution in [0.15, 0.2) is 16.8 Å². The molecule has 2 heterocycles. The van der Waals surface area contributed by atoms with E-state index >= 15 is 0 Å². The summed E-state index contributed by atoms with van der Waals surface area (Å²) in [6, 6.07) is 0.198. The molecular weight excluding hydrogens is 282 g/mol. The van der Waals surface area contributed by atoms with Crippen LogP contribution < -0.4 is 5.32 Å². The van der Waals surface area contributed by atoms with Gasteiger partial charge in [-0.2, -0.15) is 0 Å². The summed E-state index contributed by atoms with van der Waals surface area (Å²) >= 11 is 0. The van der Waals surface area contributed by atoms with E-state index in [0.29, 0.717) is 23.5 Å². The topological polar surface area (TPSA) is 85.8 Å². The fourth-order valence-electron chi connectivity index (χ4n) is 3.08. The summed E-state index contributed by atoms with van der Waals surface area (Å²) < 4.78 is 7.28. The molecule has 0 radical (unpaired) electrons. The highest BCUT2D eigenvalue weighted by Crippen LogP contribution is 2.28. The summed E-state index contributed by atoms with van der Waals surface area (Å²) in [5.74, 6) is 2.17. The zero-order valence-corrected chi connectivity index (χ0v) is 13.0. The van der Waals surface area contributed by atoms with Gasteiger partial charge in [-0.25, -0.2) is 4.98 Å². The Kier molecular flexibility index (Phi) is 4.22. The minimum Gasteiger partial charge on any atom is -0.426 e. The Morgan fingerprint density at radius 2 is 2.32 bits per heavy atom. The molecule has 1 N–H and O–H groups in total. The van der Waals surface area contributed by atoms with Crippen LogP contribution in [0, 0.1) is 12.8 Å². The van der Waals surface area contributed by atoms with Gasteiger partial charge in [-0.3, -0.25) is 4.79 Å². The summed E-state index contributed by atoms with van der Waals surface area (Å²) in [6.07, 6.45) is 7.26. The first-order valence-electron chi connectivity index (χ1n) is 7.76. The van der Waals surface area contributed by atoms with Crippen LogP contribution in [-0.4, -0.2) is 31.7 Å². The van der Waals surface area contributed by atoms with Gasteiger partial charge in [0, 0.05) is 38.3 Å². The molecular formula is C15H21N5O2. The summed E-state index contributed by atoms with van der Waals surface area (Å²) in [5, 5.41) is 11.0. The predicted octanol–water partition coefficient (Wildman–Crippen LogP) is 1.74. The number of carbonyl (C=O) groups is 1. The molecule has 0 saturated heterocycles. The van der Waals surface area contributed by atoms with Gasteiger partial charge in [-0.05, 0) is 32.1 Å². The average molecular weight is 303 g/mol. The second kappa shape index (κ2) is 6.29. The van der Waals surface area contributed by atoms with Gasteiger partial charge in [0.05, 0.1) is 0 Å². The van der Waals surface area contributed by atoms with Gasteiger partial charge in [0.2, 0.25) is 11.8 Å². The fourth-order valence-corrected chi connectivity index (χ4v) is 3.08. The van der Waals surface area contributed by atoms with E-state index in [-0.39, 0.29) is 11.9 Å². The third kappa shape index (κ3) is 3.18. The average Bonchev–Trinajstić information content (AvgIpc) is 3.20. The van der Waals surface area contributed by atoms with Crippen LogP contribution in [0.1, 0.15) is 48.6 Å². The van der Waals surface area contributed by atoms with Gasteiger partial charge in [-0.15, -0.1) is 10.2 Å². The van der Waals surface area contributed by atoms with Crippen molar-refractivity contribution in [2.75, 3.05) is 0 Å². The molecule has 7 nitrogen and oxygen atoms in total. The van der Waals surface area contributed by atoms with Crippen molar-refractivity contribution in [3.8, 4) is 0 Å². The van der Waals surface area contributed by atoms with Crippen molar-refractivity contribution in [3.05, 3.63) is 30.0 Å². The second-order valence-corrected chi connectivity index (χ2v) is 5.81. The minimum atomic E-state index is -0.0915. The van der Waals surface area contributed by atoms with Gasteiger partial charge in [-0.1, -0.05) is 0 Å². The van der Waals surface area contributed by atoms with Crippen molar-refractivity contribution in [3.63, 3.8) is 0 Å². The molecule has 118 valence electrons. The molecule has 7 heteroatoms. The summed E-state index contributed by atoms with van der Waals surface area (Å²) in [6.45, 7) is 4.53. The van der Waals surface area contributed by atoms with Crippen molar-refractivity contribution < 1.29 is 9.21 Å². The highest BCUT2D eigenvalue weighted by Gasteiger charge is 2.28. The summed E-state index contributed by atoms with van der Waals surface area (Å²) in [4.78, 5) is 16.4. The number of hydrogen-bond acceptors (Lipinski definition) is 5. The fraction of sp³-hybridized carbons (Fsp3) is 0.600. The number of aryl methyl sites for hydroxylation is 2. The van der Waals surface area contributed by atoms with Crippen molar-refractivity contribution in [1.29, 1.82) is 0 Å². The first kappa shape index (κ1) is 14.7. The first-order chi connectivity index (χ1) is 10.7. The summed E-state index contributed by atoms with van der Waals surface area (Å²) in [7, 11) is 0. The van der Waals surface area contributed by atoms with E-state index in [9.17, 15) is 4.79 Å². The van der Waals surface area contributed by atoms with Gasteiger partial charge >= 0.3 is 0 Å². The third-order valence-electron chi connectivity index (χ3n) is 4.17. The van der Waals surface area contributed by atoms with Gasteiger partial charge in [0.1, 0.15) is 0 Å². The number of aromatic nitrogens is 4. The standard InChI is InChI=1S/C15H21N5O2/c1-3-20-7-6-16-14(20)15(21)17-12-5-4-11(8-12)9-13-19-18-10(2)22-13/h6-7,11-12H,3-5,8-9H2,1-2H3,(H,17,21)/t11-,12+/m1/s1. The van der Waals surface area contributed by atoms with Gasteiger partial charge in [0.15, 0.2) is 5.82 Å². The van der Waals surface area contributed by atoms with Crippen molar-refractivity contribution in [2.45, 2.75) is 52.1 Å². The Morgan fingerprint density at radius 1 is 1.45 bits per heavy atom. The molecule has 1 saturated carbocycles. The quantitative estimate of drug-likeness (QED) is 0.909. The number of imidazole rings is 1. The predicted molar refractivity (Wildman–Crippen MR) is 79.2 cm³/mol. The molecule has 1 amide bonds. The maximum absolute atomic E-state index is 12.3. The van der Waals surface area contributed by atoms with E-state index in [0.717, 1.165) is 32.2 Å². The lowest BCUT2D eigenvalue weighted by Gasteiger charge is -2.13. The highest BCUT2D eigenvalue weighted by molar-refractivity contribution is 5.91. The molecule has 0 aromatic carbocycles. The van der Waals surface area contributed by atoms with Crippen molar-refractivity contribution in [1.82, 2.24) is 25.1 Å². The normalized spacial score (nSPS) is 21.2. The Balaban J connectivity index is 1.53. The lowest BCUT2D eigenvalue weighted by Crippen LogP contribution is -2.34. The number of nitrogens with one attached hydrogen (secondary N) is 1. The highest BCUT2D eigenvalue weighted by atomic mass is 16.4. The lowest BCUT2D eigenvalue weighted by atomic mass is 10.0. The maximum Gasteiger partial charge on any atom is 0.287 e. The number of rotatable bonds is 5. The molecule has 0 aliphatic heterocycles. The van der Waals surface area contributed by atoms with E-state index in [1.807, 2.05) is 17.7 Å². The number of carbonyl (C=O) groups excluding carboxylic acids is 1. The SMILES string of the molecule is CCn1ccnc1C(=O)N[C@H]1CC[C@@H](Cc2nnc(C)o2)C1. The number of amides is 1. The Hall–Kier alpha value is -2.18. The van der Waals surface area contributed by atoms with E-state index in [1.165, 1.54) is 0 Å². The van der Waals surface area contributed by atoms with E-state index in [1.54, 1.807) is 13.1 Å². The van der Waals surface area contributed by atoms with Crippen LogP contribution in [0.4, 0.5) is 0 Å². The molecule has 0 bridgehead atoms. The number of nitrogens with zero attached hydrogens (tertiary/aromatic N) is 4. The first-order valence-corrected chi connectivity index (χ1v) is 7.76. The molecule has 2 aromatic rings. The zero-order chi connectivity index (χ0) is 15.5. The van der Waals surface area contributed by atoms with E-state index in [2.05, 4.69) is 20.5 Å². The smallest absolute Gasteiger partial charge is 0.287 e. The van der Waals surface area contributed by atoms with Crippen LogP contribution in [0.3, 0.4) is 0 Å². The van der Waals surface area contributed by atoms with E-state index in [4.69, 9.17) is 4.42 Å². The largest absolute Gasteiger partial charge is 0.426 e. The lowest BCUT2D eigenvalue weighted by molar-refractivity contribution is 0.0922. The van der Waals surface area contributed by atoms with Gasteiger partial charge < -0.3 is 14.3 Å². The van der Waals surface area contributed by atoms with Crippen molar-refractivity contribution >= 4 is 5.91 Å². The maximum atomic E-state index is 12.3. The molecule has 22 heavy (non-hydrogen) atoms. The molecule has 2 atom stereocenters. The molecule has 1 fully saturated rings. The molecule has 0 spiro atoms. The van der Waals surface area contributed by atoms with Crippen LogP contribution in [0.2, 0.25) is 0 Å². The van der Waals surface area contributed by atoms with Crippen LogP contribution in [0.25, 0.3) is 0 Å². The Labute approximate surface area is 129 Å².